The summed E-state index contributed by atoms with van der Waals surface area (Å²) in [6.45, 7) is 0.985. The number of ether oxygens (including phenoxy) is 2. The maximum Gasteiger partial charge on any atom is 0.215 e. The first-order chi connectivity index (χ1) is 6.29. The first kappa shape index (κ1) is 11.0. The van der Waals surface area contributed by atoms with Crippen LogP contribution in [-0.2, 0) is 9.47 Å². The molecule has 74 valence electrons. The molecule has 0 bridgehead atoms. The zero-order valence-electron chi connectivity index (χ0n) is 7.26. The van der Waals surface area contributed by atoms with Gasteiger partial charge in [0.2, 0.25) is 5.08 Å². The van der Waals surface area contributed by atoms with Crippen molar-refractivity contribution in [2.24, 2.45) is 0 Å². The van der Waals surface area contributed by atoms with E-state index in [9.17, 15) is 4.39 Å². The second-order valence-corrected chi connectivity index (χ2v) is 3.53. The van der Waals surface area contributed by atoms with Crippen LogP contribution in [0.2, 0.25) is 0 Å². The van der Waals surface area contributed by atoms with E-state index < -0.39 is 5.08 Å². The lowest BCUT2D eigenvalue weighted by molar-refractivity contribution is -0.154. The Morgan fingerprint density at radius 3 is 3.08 bits per heavy atom. The molecule has 1 aliphatic rings. The maximum absolute atomic E-state index is 12.1. The van der Waals surface area contributed by atoms with Gasteiger partial charge in [-0.3, -0.25) is 0 Å². The fourth-order valence-electron chi connectivity index (χ4n) is 1.10. The highest BCUT2D eigenvalue weighted by atomic mass is 79.9. The Morgan fingerprint density at radius 2 is 2.46 bits per heavy atom. The molecular formula is C9H12BrFO2. The van der Waals surface area contributed by atoms with E-state index in [1.54, 1.807) is 0 Å². The van der Waals surface area contributed by atoms with Crippen LogP contribution in [0.25, 0.3) is 0 Å². The molecule has 0 aromatic rings. The van der Waals surface area contributed by atoms with Crippen LogP contribution in [0, 0.1) is 11.8 Å². The zero-order valence-corrected chi connectivity index (χ0v) is 8.85. The largest absolute Gasteiger partial charge is 0.353 e. The highest BCUT2D eigenvalue weighted by Crippen LogP contribution is 2.13. The van der Waals surface area contributed by atoms with Gasteiger partial charge in [-0.05, 0) is 35.2 Å². The molecule has 2 atom stereocenters. The molecule has 1 heterocycles. The van der Waals surface area contributed by atoms with E-state index in [4.69, 9.17) is 9.47 Å². The van der Waals surface area contributed by atoms with E-state index in [0.717, 1.165) is 25.9 Å². The van der Waals surface area contributed by atoms with Gasteiger partial charge in [0, 0.05) is 6.61 Å². The minimum atomic E-state index is -1.26. The van der Waals surface area contributed by atoms with Crippen molar-refractivity contribution in [3.63, 3.8) is 0 Å². The Balaban J connectivity index is 2.08. The number of halogens is 2. The Morgan fingerprint density at radius 1 is 1.62 bits per heavy atom. The molecule has 1 rings (SSSR count). The van der Waals surface area contributed by atoms with Crippen molar-refractivity contribution < 1.29 is 13.9 Å². The van der Waals surface area contributed by atoms with Gasteiger partial charge >= 0.3 is 0 Å². The summed E-state index contributed by atoms with van der Waals surface area (Å²) in [5.41, 5.74) is 0. The number of hydrogen-bond donors (Lipinski definition) is 0. The van der Waals surface area contributed by atoms with Gasteiger partial charge in [-0.2, -0.15) is 0 Å². The van der Waals surface area contributed by atoms with Gasteiger partial charge < -0.3 is 9.47 Å². The second-order valence-electron chi connectivity index (χ2n) is 2.73. The lowest BCUT2D eigenvalue weighted by Crippen LogP contribution is -2.22. The molecule has 0 aromatic heterocycles. The molecule has 0 saturated carbocycles. The third-order valence-electron chi connectivity index (χ3n) is 1.69. The van der Waals surface area contributed by atoms with Crippen LogP contribution in [0.1, 0.15) is 19.3 Å². The highest BCUT2D eigenvalue weighted by Gasteiger charge is 2.12. The van der Waals surface area contributed by atoms with Gasteiger partial charge in [-0.15, -0.1) is 0 Å². The monoisotopic (exact) mass is 250 g/mol. The number of rotatable bonds is 2. The van der Waals surface area contributed by atoms with Crippen LogP contribution in [-0.4, -0.2) is 24.6 Å². The van der Waals surface area contributed by atoms with Gasteiger partial charge in [-0.1, -0.05) is 11.8 Å². The van der Waals surface area contributed by atoms with Crippen molar-refractivity contribution >= 4 is 15.9 Å². The van der Waals surface area contributed by atoms with E-state index in [0.29, 0.717) is 0 Å². The van der Waals surface area contributed by atoms with E-state index in [1.165, 1.54) is 0 Å². The molecule has 1 aliphatic heterocycles. The van der Waals surface area contributed by atoms with Crippen LogP contribution in [0.3, 0.4) is 0 Å². The second kappa shape index (κ2) is 6.36. The zero-order chi connectivity index (χ0) is 9.52. The summed E-state index contributed by atoms with van der Waals surface area (Å²) in [6, 6.07) is 0. The summed E-state index contributed by atoms with van der Waals surface area (Å²) >= 11 is 2.67. The van der Waals surface area contributed by atoms with Crippen LogP contribution in [0.5, 0.6) is 0 Å². The Bertz CT molecular complexity index is 192. The predicted molar refractivity (Wildman–Crippen MR) is 51.1 cm³/mol. The normalized spacial score (nSPS) is 24.6. The molecule has 0 radical (unpaired) electrons. The van der Waals surface area contributed by atoms with Crippen LogP contribution >= 0.6 is 15.9 Å². The number of alkyl halides is 2. The third-order valence-corrected chi connectivity index (χ3v) is 1.92. The molecule has 2 nitrogen and oxygen atoms in total. The maximum atomic E-state index is 12.1. The Labute approximate surface area is 85.9 Å². The van der Waals surface area contributed by atoms with Crippen molar-refractivity contribution in [2.75, 3.05) is 13.2 Å². The standard InChI is InChI=1S/C9H12BrFO2/c10-8(11)4-3-7-13-9-5-1-2-6-12-9/h8-9H,1-2,5-7H2/t8-,9?/m0/s1. The molecule has 1 fully saturated rings. The molecule has 0 aromatic carbocycles. The highest BCUT2D eigenvalue weighted by molar-refractivity contribution is 9.09. The molecule has 13 heavy (non-hydrogen) atoms. The van der Waals surface area contributed by atoms with Crippen LogP contribution in [0.15, 0.2) is 0 Å². The molecule has 0 spiro atoms. The molecule has 1 saturated heterocycles. The van der Waals surface area contributed by atoms with Gasteiger partial charge in [0.15, 0.2) is 6.29 Å². The van der Waals surface area contributed by atoms with Crippen LogP contribution < -0.4 is 0 Å². The fraction of sp³-hybridized carbons (Fsp3) is 0.778. The van der Waals surface area contributed by atoms with E-state index in [-0.39, 0.29) is 12.9 Å². The van der Waals surface area contributed by atoms with Gasteiger partial charge in [0.05, 0.1) is 0 Å². The lowest BCUT2D eigenvalue weighted by atomic mass is 10.2. The summed E-state index contributed by atoms with van der Waals surface area (Å²) in [7, 11) is 0. The summed E-state index contributed by atoms with van der Waals surface area (Å²) in [5, 5.41) is -1.26. The molecule has 0 aliphatic carbocycles. The Hall–Kier alpha value is -0.110. The topological polar surface area (TPSA) is 18.5 Å². The molecule has 1 unspecified atom stereocenters. The average molecular weight is 251 g/mol. The van der Waals surface area contributed by atoms with Gasteiger partial charge in [0.1, 0.15) is 6.61 Å². The van der Waals surface area contributed by atoms with Crippen molar-refractivity contribution in [1.29, 1.82) is 0 Å². The molecular weight excluding hydrogens is 239 g/mol. The van der Waals surface area contributed by atoms with Crippen molar-refractivity contribution in [2.45, 2.75) is 30.6 Å². The van der Waals surface area contributed by atoms with Crippen molar-refractivity contribution in [3.05, 3.63) is 0 Å². The average Bonchev–Trinajstić information content (AvgIpc) is 2.14. The fourth-order valence-corrected chi connectivity index (χ4v) is 1.26. The summed E-state index contributed by atoms with van der Waals surface area (Å²) < 4.78 is 22.7. The van der Waals surface area contributed by atoms with Crippen LogP contribution in [0.4, 0.5) is 4.39 Å². The Kier molecular flexibility index (Phi) is 5.37. The smallest absolute Gasteiger partial charge is 0.215 e. The minimum Gasteiger partial charge on any atom is -0.353 e. The van der Waals surface area contributed by atoms with Gasteiger partial charge in [-0.25, -0.2) is 4.39 Å². The van der Waals surface area contributed by atoms with Crippen molar-refractivity contribution in [1.82, 2.24) is 0 Å². The van der Waals surface area contributed by atoms with Gasteiger partial charge in [0.25, 0.3) is 0 Å². The first-order valence-electron chi connectivity index (χ1n) is 4.29. The van der Waals surface area contributed by atoms with E-state index in [2.05, 4.69) is 27.8 Å². The lowest BCUT2D eigenvalue weighted by Gasteiger charge is -2.21. The minimum absolute atomic E-state index is 0.142. The molecule has 0 amide bonds. The predicted octanol–water partition coefficient (Wildman–Crippen LogP) is 2.22. The summed E-state index contributed by atoms with van der Waals surface area (Å²) in [5.74, 6) is 4.86. The first-order valence-corrected chi connectivity index (χ1v) is 5.20. The summed E-state index contributed by atoms with van der Waals surface area (Å²) in [4.78, 5) is 0. The van der Waals surface area contributed by atoms with E-state index in [1.807, 2.05) is 0 Å². The number of hydrogen-bond acceptors (Lipinski definition) is 2. The SMILES string of the molecule is F[C@H](Br)C#CCOC1CCCCO1. The van der Waals surface area contributed by atoms with Crippen molar-refractivity contribution in [3.8, 4) is 11.8 Å². The molecule has 4 heteroatoms. The third kappa shape index (κ3) is 5.25. The quantitative estimate of drug-likeness (QED) is 0.553. The van der Waals surface area contributed by atoms with E-state index >= 15 is 0 Å². The summed E-state index contributed by atoms with van der Waals surface area (Å²) in [6.07, 6.45) is 2.99. The molecule has 0 N–H and O–H groups in total.